The molecule has 0 aromatic rings. The van der Waals surface area contributed by atoms with Gasteiger partial charge >= 0.3 is 0 Å². The lowest BCUT2D eigenvalue weighted by Crippen LogP contribution is -2.10. The normalized spacial score (nSPS) is 12.5. The molecule has 0 radical (unpaired) electrons. The highest BCUT2D eigenvalue weighted by atomic mass is 32.2. The van der Waals surface area contributed by atoms with Crippen molar-refractivity contribution in [3.8, 4) is 11.8 Å². The molecule has 1 N–H and O–H groups in total. The highest BCUT2D eigenvalue weighted by Gasteiger charge is 2.02. The van der Waals surface area contributed by atoms with Crippen molar-refractivity contribution in [1.82, 2.24) is 0 Å². The zero-order valence-corrected chi connectivity index (χ0v) is 8.24. The monoisotopic (exact) mass is 172 g/mol. The molecule has 0 saturated carbocycles. The van der Waals surface area contributed by atoms with Gasteiger partial charge in [0.15, 0.2) is 0 Å². The average molecular weight is 172 g/mol. The predicted molar refractivity (Wildman–Crippen MR) is 51.7 cm³/mol. The van der Waals surface area contributed by atoms with Crippen molar-refractivity contribution in [1.29, 1.82) is 0 Å². The molecular formula is C9H16OS. The highest BCUT2D eigenvalue weighted by molar-refractivity contribution is 7.99. The summed E-state index contributed by atoms with van der Waals surface area (Å²) in [7, 11) is 0. The van der Waals surface area contributed by atoms with E-state index in [1.54, 1.807) is 18.7 Å². The SMILES string of the molecule is CC#CCC(O)CSC(C)C. The van der Waals surface area contributed by atoms with Crippen LogP contribution in [0.4, 0.5) is 0 Å². The van der Waals surface area contributed by atoms with Gasteiger partial charge in [-0.3, -0.25) is 0 Å². The molecule has 0 fully saturated rings. The minimum absolute atomic E-state index is 0.255. The van der Waals surface area contributed by atoms with E-state index in [2.05, 4.69) is 25.7 Å². The van der Waals surface area contributed by atoms with Gasteiger partial charge in [0, 0.05) is 12.2 Å². The molecule has 0 aliphatic heterocycles. The van der Waals surface area contributed by atoms with Crippen LogP contribution in [0.5, 0.6) is 0 Å². The summed E-state index contributed by atoms with van der Waals surface area (Å²) in [5.74, 6) is 6.42. The minimum atomic E-state index is -0.255. The van der Waals surface area contributed by atoms with Gasteiger partial charge in [0.1, 0.15) is 0 Å². The summed E-state index contributed by atoms with van der Waals surface area (Å²) in [5, 5.41) is 9.90. The molecule has 1 nitrogen and oxygen atoms in total. The third-order valence-electron chi connectivity index (χ3n) is 1.14. The van der Waals surface area contributed by atoms with Crippen LogP contribution in [0.2, 0.25) is 0 Å². The number of hydrogen-bond donors (Lipinski definition) is 1. The van der Waals surface area contributed by atoms with E-state index < -0.39 is 0 Å². The number of aliphatic hydroxyl groups excluding tert-OH is 1. The third-order valence-corrected chi connectivity index (χ3v) is 2.38. The lowest BCUT2D eigenvalue weighted by Gasteiger charge is -2.08. The number of hydrogen-bond acceptors (Lipinski definition) is 2. The molecule has 0 aromatic carbocycles. The van der Waals surface area contributed by atoms with E-state index in [-0.39, 0.29) is 6.10 Å². The Kier molecular flexibility index (Phi) is 6.49. The number of aliphatic hydroxyl groups is 1. The van der Waals surface area contributed by atoms with Gasteiger partial charge in [0.25, 0.3) is 0 Å². The lowest BCUT2D eigenvalue weighted by molar-refractivity contribution is 0.205. The molecule has 0 aliphatic rings. The summed E-state index contributed by atoms with van der Waals surface area (Å²) in [6.07, 6.45) is 0.353. The van der Waals surface area contributed by atoms with Gasteiger partial charge in [-0.2, -0.15) is 11.8 Å². The quantitative estimate of drug-likeness (QED) is 0.654. The Morgan fingerprint density at radius 2 is 2.09 bits per heavy atom. The zero-order chi connectivity index (χ0) is 8.69. The van der Waals surface area contributed by atoms with Crippen LogP contribution in [0, 0.1) is 11.8 Å². The van der Waals surface area contributed by atoms with Crippen molar-refractivity contribution < 1.29 is 5.11 Å². The maximum atomic E-state index is 9.31. The van der Waals surface area contributed by atoms with Gasteiger partial charge in [0.2, 0.25) is 0 Å². The molecule has 0 saturated heterocycles. The van der Waals surface area contributed by atoms with Crippen molar-refractivity contribution in [3.63, 3.8) is 0 Å². The Bertz CT molecular complexity index is 143. The van der Waals surface area contributed by atoms with Crippen LogP contribution in [-0.2, 0) is 0 Å². The molecule has 64 valence electrons. The Labute approximate surface area is 73.6 Å². The van der Waals surface area contributed by atoms with Gasteiger partial charge in [-0.15, -0.1) is 11.8 Å². The first-order valence-corrected chi connectivity index (χ1v) is 4.91. The lowest BCUT2D eigenvalue weighted by atomic mass is 10.3. The fraction of sp³-hybridized carbons (Fsp3) is 0.778. The molecule has 0 aromatic heterocycles. The van der Waals surface area contributed by atoms with Crippen molar-refractivity contribution in [2.45, 2.75) is 38.5 Å². The van der Waals surface area contributed by atoms with Crippen molar-refractivity contribution in [2.75, 3.05) is 5.75 Å². The van der Waals surface area contributed by atoms with E-state index in [0.717, 1.165) is 5.75 Å². The molecule has 2 heteroatoms. The summed E-state index contributed by atoms with van der Waals surface area (Å²) in [5.41, 5.74) is 0. The smallest absolute Gasteiger partial charge is 0.0739 e. The van der Waals surface area contributed by atoms with Crippen LogP contribution in [0.15, 0.2) is 0 Å². The van der Waals surface area contributed by atoms with Gasteiger partial charge in [-0.1, -0.05) is 13.8 Å². The molecule has 1 unspecified atom stereocenters. The van der Waals surface area contributed by atoms with Gasteiger partial charge in [-0.25, -0.2) is 0 Å². The molecule has 0 spiro atoms. The van der Waals surface area contributed by atoms with E-state index in [0.29, 0.717) is 11.7 Å². The maximum Gasteiger partial charge on any atom is 0.0739 e. The molecule has 0 rings (SSSR count). The molecule has 0 heterocycles. The molecular weight excluding hydrogens is 156 g/mol. The Morgan fingerprint density at radius 3 is 2.55 bits per heavy atom. The van der Waals surface area contributed by atoms with Crippen LogP contribution in [0.3, 0.4) is 0 Å². The fourth-order valence-electron chi connectivity index (χ4n) is 0.582. The second-order valence-corrected chi connectivity index (χ2v) is 4.28. The molecule has 0 aliphatic carbocycles. The summed E-state index contributed by atoms with van der Waals surface area (Å²) in [4.78, 5) is 0. The standard InChI is InChI=1S/C9H16OS/c1-4-5-6-9(10)7-11-8(2)3/h8-10H,6-7H2,1-3H3. The van der Waals surface area contributed by atoms with Gasteiger partial charge in [0.05, 0.1) is 6.10 Å². The van der Waals surface area contributed by atoms with E-state index in [9.17, 15) is 5.11 Å². The van der Waals surface area contributed by atoms with E-state index >= 15 is 0 Å². The van der Waals surface area contributed by atoms with Gasteiger partial charge in [-0.05, 0) is 12.2 Å². The molecule has 1 atom stereocenters. The Balaban J connectivity index is 3.34. The Morgan fingerprint density at radius 1 is 1.45 bits per heavy atom. The fourth-order valence-corrected chi connectivity index (χ4v) is 1.31. The average Bonchev–Trinajstić information content (AvgIpc) is 1.97. The number of rotatable bonds is 4. The van der Waals surface area contributed by atoms with Crippen molar-refractivity contribution in [2.24, 2.45) is 0 Å². The predicted octanol–water partition coefficient (Wildman–Crippen LogP) is 1.90. The summed E-state index contributed by atoms with van der Waals surface area (Å²) in [6, 6.07) is 0. The second kappa shape index (κ2) is 6.57. The number of thioether (sulfide) groups is 1. The van der Waals surface area contributed by atoms with Crippen molar-refractivity contribution in [3.05, 3.63) is 0 Å². The third kappa shape index (κ3) is 7.77. The highest BCUT2D eigenvalue weighted by Crippen LogP contribution is 2.11. The summed E-state index contributed by atoms with van der Waals surface area (Å²) >= 11 is 1.77. The maximum absolute atomic E-state index is 9.31. The van der Waals surface area contributed by atoms with Crippen LogP contribution in [0.1, 0.15) is 27.2 Å². The first kappa shape index (κ1) is 10.9. The summed E-state index contributed by atoms with van der Waals surface area (Å²) in [6.45, 7) is 6.05. The van der Waals surface area contributed by atoms with Crippen LogP contribution in [-0.4, -0.2) is 22.2 Å². The molecule has 11 heavy (non-hydrogen) atoms. The van der Waals surface area contributed by atoms with E-state index in [1.807, 2.05) is 0 Å². The van der Waals surface area contributed by atoms with Crippen LogP contribution >= 0.6 is 11.8 Å². The first-order chi connectivity index (χ1) is 5.16. The molecule has 0 amide bonds. The largest absolute Gasteiger partial charge is 0.391 e. The van der Waals surface area contributed by atoms with E-state index in [4.69, 9.17) is 0 Å². The topological polar surface area (TPSA) is 20.2 Å². The van der Waals surface area contributed by atoms with E-state index in [1.165, 1.54) is 0 Å². The first-order valence-electron chi connectivity index (χ1n) is 3.86. The second-order valence-electron chi connectivity index (χ2n) is 2.67. The van der Waals surface area contributed by atoms with Crippen LogP contribution in [0.25, 0.3) is 0 Å². The molecule has 0 bridgehead atoms. The summed E-state index contributed by atoms with van der Waals surface area (Å²) < 4.78 is 0. The van der Waals surface area contributed by atoms with Crippen molar-refractivity contribution >= 4 is 11.8 Å². The Hall–Kier alpha value is -0.130. The zero-order valence-electron chi connectivity index (χ0n) is 7.42. The van der Waals surface area contributed by atoms with Crippen LogP contribution < -0.4 is 0 Å². The van der Waals surface area contributed by atoms with Gasteiger partial charge < -0.3 is 5.11 Å². The minimum Gasteiger partial charge on any atom is -0.391 e.